The first kappa shape index (κ1) is 16.3. The first-order valence-corrected chi connectivity index (χ1v) is 8.10. The van der Waals surface area contributed by atoms with E-state index in [0.717, 1.165) is 15.7 Å². The first-order valence-electron chi connectivity index (χ1n) is 6.57. The molecule has 1 aromatic carbocycles. The summed E-state index contributed by atoms with van der Waals surface area (Å²) in [4.78, 5) is 11.8. The van der Waals surface area contributed by atoms with Crippen molar-refractivity contribution in [3.8, 4) is 5.75 Å². The smallest absolute Gasteiger partial charge is 0.223 e. The monoisotopic (exact) mass is 375 g/mol. The number of hydrogen-bond donors (Lipinski definition) is 1. The molecule has 0 fully saturated rings. The summed E-state index contributed by atoms with van der Waals surface area (Å²) in [5.41, 5.74) is 1.16. The number of ether oxygens (including phenoxy) is 1. The maximum absolute atomic E-state index is 11.8. The molecule has 0 aromatic heterocycles. The minimum atomic E-state index is 0.0584. The molecule has 0 heterocycles. The molecule has 0 spiro atoms. The number of amides is 1. The minimum Gasteiger partial charge on any atom is -0.493 e. The second-order valence-corrected chi connectivity index (χ2v) is 5.87. The van der Waals surface area contributed by atoms with E-state index in [0.29, 0.717) is 18.9 Å². The second kappa shape index (κ2) is 8.40. The third kappa shape index (κ3) is 6.27. The predicted molar refractivity (Wildman–Crippen MR) is 86.9 cm³/mol. The van der Waals surface area contributed by atoms with Crippen molar-refractivity contribution in [2.45, 2.75) is 33.2 Å². The van der Waals surface area contributed by atoms with Gasteiger partial charge in [-0.05, 0) is 30.5 Å². The molecule has 4 heteroatoms. The van der Waals surface area contributed by atoms with Crippen LogP contribution in [0.25, 0.3) is 0 Å². The number of rotatable bonds is 7. The van der Waals surface area contributed by atoms with E-state index < -0.39 is 0 Å². The van der Waals surface area contributed by atoms with Crippen LogP contribution in [0.2, 0.25) is 0 Å². The van der Waals surface area contributed by atoms with Gasteiger partial charge in [-0.25, -0.2) is 0 Å². The lowest BCUT2D eigenvalue weighted by Crippen LogP contribution is -2.40. The highest BCUT2D eigenvalue weighted by atomic mass is 127. The van der Waals surface area contributed by atoms with E-state index >= 15 is 0 Å². The summed E-state index contributed by atoms with van der Waals surface area (Å²) in [5, 5.41) is 3.04. The fraction of sp³-hybridized carbons (Fsp3) is 0.533. The number of carbonyl (C=O) groups is 1. The van der Waals surface area contributed by atoms with Crippen molar-refractivity contribution in [2.75, 3.05) is 11.0 Å². The first-order chi connectivity index (χ1) is 9.02. The van der Waals surface area contributed by atoms with Crippen LogP contribution in [0.4, 0.5) is 0 Å². The lowest BCUT2D eigenvalue weighted by atomic mass is 10.1. The number of benzene rings is 1. The molecule has 3 nitrogen and oxygen atoms in total. The Balaban J connectivity index is 2.31. The fourth-order valence-corrected chi connectivity index (χ4v) is 2.87. The number of carbonyl (C=O) groups excluding carboxylic acids is 1. The maximum Gasteiger partial charge on any atom is 0.223 e. The van der Waals surface area contributed by atoms with Gasteiger partial charge in [0.25, 0.3) is 0 Å². The molecule has 1 N–H and O–H groups in total. The molecule has 0 aliphatic carbocycles. The molecule has 0 aliphatic heterocycles. The van der Waals surface area contributed by atoms with Gasteiger partial charge >= 0.3 is 0 Å². The largest absolute Gasteiger partial charge is 0.493 e. The van der Waals surface area contributed by atoms with Crippen LogP contribution in [-0.4, -0.2) is 23.0 Å². The number of alkyl halides is 1. The van der Waals surface area contributed by atoms with Crippen molar-refractivity contribution < 1.29 is 9.53 Å². The molecule has 0 saturated carbocycles. The van der Waals surface area contributed by atoms with Gasteiger partial charge in [-0.3, -0.25) is 4.79 Å². The Bertz CT molecular complexity index is 407. The topological polar surface area (TPSA) is 38.3 Å². The summed E-state index contributed by atoms with van der Waals surface area (Å²) in [6, 6.07) is 8.10. The molecular weight excluding hydrogens is 353 g/mol. The quantitative estimate of drug-likeness (QED) is 0.587. The zero-order valence-corrected chi connectivity index (χ0v) is 13.9. The predicted octanol–water partition coefficient (Wildman–Crippen LogP) is 3.34. The average molecular weight is 375 g/mol. The Morgan fingerprint density at radius 3 is 2.74 bits per heavy atom. The normalized spacial score (nSPS) is 12.3. The summed E-state index contributed by atoms with van der Waals surface area (Å²) in [7, 11) is 0. The molecule has 1 rings (SSSR count). The van der Waals surface area contributed by atoms with E-state index in [-0.39, 0.29) is 11.9 Å². The lowest BCUT2D eigenvalue weighted by Gasteiger charge is -2.19. The Morgan fingerprint density at radius 2 is 2.16 bits per heavy atom. The highest BCUT2D eigenvalue weighted by molar-refractivity contribution is 14.1. The van der Waals surface area contributed by atoms with Crippen molar-refractivity contribution in [1.29, 1.82) is 0 Å². The van der Waals surface area contributed by atoms with Crippen molar-refractivity contribution in [3.63, 3.8) is 0 Å². The summed E-state index contributed by atoms with van der Waals surface area (Å²) in [6.45, 7) is 6.67. The van der Waals surface area contributed by atoms with Crippen LogP contribution < -0.4 is 10.1 Å². The van der Waals surface area contributed by atoms with E-state index in [1.807, 2.05) is 31.2 Å². The van der Waals surface area contributed by atoms with E-state index in [9.17, 15) is 4.79 Å². The van der Waals surface area contributed by atoms with Gasteiger partial charge in [0, 0.05) is 10.5 Å². The molecule has 1 unspecified atom stereocenters. The lowest BCUT2D eigenvalue weighted by molar-refractivity contribution is -0.122. The van der Waals surface area contributed by atoms with Gasteiger partial charge in [-0.2, -0.15) is 0 Å². The van der Waals surface area contributed by atoms with E-state index in [1.54, 1.807) is 0 Å². The number of aryl methyl sites for hydroxylation is 1. The van der Waals surface area contributed by atoms with Crippen LogP contribution in [0.1, 0.15) is 25.8 Å². The summed E-state index contributed by atoms with van der Waals surface area (Å²) >= 11 is 2.30. The van der Waals surface area contributed by atoms with Crippen molar-refractivity contribution in [3.05, 3.63) is 29.8 Å². The fourth-order valence-electron chi connectivity index (χ4n) is 1.63. The zero-order valence-electron chi connectivity index (χ0n) is 11.8. The molecule has 1 amide bonds. The van der Waals surface area contributed by atoms with Crippen LogP contribution in [0.15, 0.2) is 24.3 Å². The van der Waals surface area contributed by atoms with Gasteiger partial charge in [-0.15, -0.1) is 0 Å². The van der Waals surface area contributed by atoms with Gasteiger partial charge < -0.3 is 10.1 Å². The highest BCUT2D eigenvalue weighted by Gasteiger charge is 2.14. The standard InChI is InChI=1S/C15H22INO2/c1-11(2)14(10-16)17-15(18)7-8-19-13-6-4-5-12(3)9-13/h4-6,9,11,14H,7-8,10H2,1-3H3,(H,17,18). The van der Waals surface area contributed by atoms with E-state index in [2.05, 4.69) is 41.8 Å². The number of nitrogens with one attached hydrogen (secondary N) is 1. The third-order valence-corrected chi connectivity index (χ3v) is 3.85. The van der Waals surface area contributed by atoms with E-state index in [1.165, 1.54) is 0 Å². The molecule has 0 aliphatic rings. The Labute approximate surface area is 129 Å². The Hall–Kier alpha value is -0.780. The zero-order chi connectivity index (χ0) is 14.3. The van der Waals surface area contributed by atoms with Crippen LogP contribution in [0.5, 0.6) is 5.75 Å². The van der Waals surface area contributed by atoms with E-state index in [4.69, 9.17) is 4.74 Å². The van der Waals surface area contributed by atoms with Gasteiger partial charge in [0.15, 0.2) is 0 Å². The molecule has 0 saturated heterocycles. The molecular formula is C15H22INO2. The number of halogens is 1. The third-order valence-electron chi connectivity index (χ3n) is 2.90. The molecule has 106 valence electrons. The second-order valence-electron chi connectivity index (χ2n) is 4.99. The van der Waals surface area contributed by atoms with Crippen molar-refractivity contribution >= 4 is 28.5 Å². The maximum atomic E-state index is 11.8. The van der Waals surface area contributed by atoms with Crippen molar-refractivity contribution in [2.24, 2.45) is 5.92 Å². The van der Waals surface area contributed by atoms with Crippen LogP contribution in [0.3, 0.4) is 0 Å². The summed E-state index contributed by atoms with van der Waals surface area (Å²) in [5.74, 6) is 1.34. The van der Waals surface area contributed by atoms with Crippen LogP contribution in [0, 0.1) is 12.8 Å². The van der Waals surface area contributed by atoms with Crippen LogP contribution >= 0.6 is 22.6 Å². The summed E-state index contributed by atoms with van der Waals surface area (Å²) < 4.78 is 6.50. The molecule has 1 aromatic rings. The van der Waals surface area contributed by atoms with Crippen LogP contribution in [-0.2, 0) is 4.79 Å². The molecule has 1 atom stereocenters. The van der Waals surface area contributed by atoms with Gasteiger partial charge in [0.05, 0.1) is 13.0 Å². The number of hydrogen-bond acceptors (Lipinski definition) is 2. The Kier molecular flexibility index (Phi) is 7.20. The average Bonchev–Trinajstić information content (AvgIpc) is 2.35. The van der Waals surface area contributed by atoms with Gasteiger partial charge in [0.1, 0.15) is 5.75 Å². The summed E-state index contributed by atoms with van der Waals surface area (Å²) in [6.07, 6.45) is 0.397. The molecule has 0 bridgehead atoms. The molecule has 0 radical (unpaired) electrons. The van der Waals surface area contributed by atoms with Gasteiger partial charge in [0.2, 0.25) is 5.91 Å². The Morgan fingerprint density at radius 1 is 1.42 bits per heavy atom. The SMILES string of the molecule is Cc1cccc(OCCC(=O)NC(CI)C(C)C)c1. The highest BCUT2D eigenvalue weighted by Crippen LogP contribution is 2.12. The van der Waals surface area contributed by atoms with Crippen molar-refractivity contribution in [1.82, 2.24) is 5.32 Å². The minimum absolute atomic E-state index is 0.0584. The molecule has 19 heavy (non-hydrogen) atoms. The van der Waals surface area contributed by atoms with Gasteiger partial charge in [-0.1, -0.05) is 48.6 Å².